The number of benzene rings is 3. The van der Waals surface area contributed by atoms with Crippen molar-refractivity contribution >= 4 is 33.1 Å². The number of hydrogen-bond donors (Lipinski definition) is 4. The average Bonchev–Trinajstić information content (AvgIpc) is 2.73. The maximum absolute atomic E-state index is 12.2. The number of carboxylic acid groups (broad SMARTS) is 1. The van der Waals surface area contributed by atoms with Crippen molar-refractivity contribution in [2.45, 2.75) is 11.4 Å². The second-order valence-electron chi connectivity index (χ2n) is 6.44. The van der Waals surface area contributed by atoms with E-state index in [9.17, 15) is 18.3 Å². The minimum atomic E-state index is -4.22. The first-order valence-electron chi connectivity index (χ1n) is 8.91. The molecule has 30 heavy (non-hydrogen) atoms. The summed E-state index contributed by atoms with van der Waals surface area (Å²) in [5, 5.41) is 21.0. The maximum atomic E-state index is 12.2. The molecule has 3 aromatic rings. The third kappa shape index (κ3) is 5.07. The number of sulfonamides is 1. The van der Waals surface area contributed by atoms with Gasteiger partial charge < -0.3 is 20.5 Å². The molecule has 8 nitrogen and oxygen atoms in total. The molecule has 0 aliphatic rings. The summed E-state index contributed by atoms with van der Waals surface area (Å²) in [5.41, 5.74) is 1.76. The van der Waals surface area contributed by atoms with Gasteiger partial charge in [0.25, 0.3) is 0 Å². The Kier molecular flexibility index (Phi) is 6.24. The van der Waals surface area contributed by atoms with Crippen LogP contribution in [-0.4, -0.2) is 26.6 Å². The van der Waals surface area contributed by atoms with E-state index < -0.39 is 16.0 Å². The second-order valence-corrected chi connectivity index (χ2v) is 7.97. The van der Waals surface area contributed by atoms with Crippen molar-refractivity contribution in [2.24, 2.45) is 5.14 Å². The Bertz CT molecular complexity index is 1150. The van der Waals surface area contributed by atoms with E-state index in [4.69, 9.17) is 9.88 Å². The summed E-state index contributed by atoms with van der Waals surface area (Å²) in [7, 11) is -2.68. The third-order valence-electron chi connectivity index (χ3n) is 4.34. The van der Waals surface area contributed by atoms with Crippen molar-refractivity contribution in [3.8, 4) is 5.75 Å². The first-order chi connectivity index (χ1) is 14.3. The summed E-state index contributed by atoms with van der Waals surface area (Å²) in [6, 6.07) is 18.6. The number of ether oxygens (including phenoxy) is 1. The summed E-state index contributed by atoms with van der Waals surface area (Å²) in [6.45, 7) is 0.352. The molecule has 0 saturated carbocycles. The van der Waals surface area contributed by atoms with Gasteiger partial charge in [0, 0.05) is 12.2 Å². The number of aromatic carboxylic acids is 1. The predicted octanol–water partition coefficient (Wildman–Crippen LogP) is 3.40. The zero-order valence-electron chi connectivity index (χ0n) is 16.1. The van der Waals surface area contributed by atoms with Gasteiger partial charge in [0.1, 0.15) is 10.6 Å². The summed E-state index contributed by atoms with van der Waals surface area (Å²) >= 11 is 0. The van der Waals surface area contributed by atoms with Gasteiger partial charge in [-0.05, 0) is 42.0 Å². The summed E-state index contributed by atoms with van der Waals surface area (Å²) < 4.78 is 29.6. The van der Waals surface area contributed by atoms with Gasteiger partial charge in [-0.3, -0.25) is 0 Å². The van der Waals surface area contributed by atoms with Gasteiger partial charge in [-0.15, -0.1) is 0 Å². The number of carbonyl (C=O) groups is 1. The van der Waals surface area contributed by atoms with Gasteiger partial charge in [0.05, 0.1) is 24.0 Å². The highest BCUT2D eigenvalue weighted by atomic mass is 32.2. The van der Waals surface area contributed by atoms with E-state index in [1.807, 2.05) is 30.3 Å². The van der Waals surface area contributed by atoms with Crippen molar-refractivity contribution in [3.05, 3.63) is 77.9 Å². The van der Waals surface area contributed by atoms with E-state index in [0.29, 0.717) is 23.7 Å². The van der Waals surface area contributed by atoms with Crippen LogP contribution in [-0.2, 0) is 16.6 Å². The lowest BCUT2D eigenvalue weighted by atomic mass is 10.1. The zero-order chi connectivity index (χ0) is 21.7. The number of nitrogens with one attached hydrogen (secondary N) is 2. The Morgan fingerprint density at radius 1 is 1.07 bits per heavy atom. The van der Waals surface area contributed by atoms with Gasteiger partial charge in [-0.25, -0.2) is 18.4 Å². The van der Waals surface area contributed by atoms with Crippen LogP contribution in [0.4, 0.5) is 17.1 Å². The van der Waals surface area contributed by atoms with Crippen LogP contribution in [0.2, 0.25) is 0 Å². The monoisotopic (exact) mass is 427 g/mol. The molecular weight excluding hydrogens is 406 g/mol. The van der Waals surface area contributed by atoms with Gasteiger partial charge in [-0.1, -0.05) is 30.3 Å². The van der Waals surface area contributed by atoms with Gasteiger partial charge in [0.2, 0.25) is 10.0 Å². The smallest absolute Gasteiger partial charge is 0.335 e. The first kappa shape index (κ1) is 21.2. The molecule has 0 amide bonds. The Morgan fingerprint density at radius 2 is 1.73 bits per heavy atom. The lowest BCUT2D eigenvalue weighted by Gasteiger charge is -2.18. The topological polar surface area (TPSA) is 131 Å². The molecule has 0 saturated heterocycles. The minimum absolute atomic E-state index is 0.156. The lowest BCUT2D eigenvalue weighted by Crippen LogP contribution is -2.17. The molecule has 0 aromatic heterocycles. The second kappa shape index (κ2) is 8.85. The molecular formula is C21H21N3O5S. The standard InChI is InChI=1S/C21H21N3O5S/c1-29-17-9-7-16(8-10-17)24-20-18(23-13-14-5-3-2-4-6-14)11-15(21(25)26)12-19(20)30(22,27)28/h2-12,23-24H,13H2,1H3,(H,25,26)(H2,22,27,28). The minimum Gasteiger partial charge on any atom is -0.497 e. The molecule has 3 rings (SSSR count). The molecule has 5 N–H and O–H groups in total. The molecule has 0 fully saturated rings. The first-order valence-corrected chi connectivity index (χ1v) is 10.5. The van der Waals surface area contributed by atoms with E-state index in [2.05, 4.69) is 10.6 Å². The Hall–Kier alpha value is -3.56. The molecule has 0 atom stereocenters. The normalized spacial score (nSPS) is 11.0. The maximum Gasteiger partial charge on any atom is 0.335 e. The van der Waals surface area contributed by atoms with E-state index in [1.54, 1.807) is 24.3 Å². The third-order valence-corrected chi connectivity index (χ3v) is 5.28. The Labute approximate surface area is 174 Å². The number of rotatable bonds is 8. The van der Waals surface area contributed by atoms with Crippen LogP contribution < -0.4 is 20.5 Å². The highest BCUT2D eigenvalue weighted by Gasteiger charge is 2.22. The van der Waals surface area contributed by atoms with E-state index in [1.165, 1.54) is 13.2 Å². The number of nitrogens with two attached hydrogens (primary N) is 1. The summed E-state index contributed by atoms with van der Waals surface area (Å²) in [4.78, 5) is 11.2. The highest BCUT2D eigenvalue weighted by Crippen LogP contribution is 2.34. The predicted molar refractivity (Wildman–Crippen MR) is 115 cm³/mol. The van der Waals surface area contributed by atoms with Gasteiger partial charge in [-0.2, -0.15) is 0 Å². The highest BCUT2D eigenvalue weighted by molar-refractivity contribution is 7.89. The van der Waals surface area contributed by atoms with E-state index in [0.717, 1.165) is 11.6 Å². The van der Waals surface area contributed by atoms with Gasteiger partial charge in [0.15, 0.2) is 0 Å². The SMILES string of the molecule is COc1ccc(Nc2c(NCc3ccccc3)cc(C(=O)O)cc2S(N)(=O)=O)cc1. The molecule has 0 aliphatic carbocycles. The van der Waals surface area contributed by atoms with Crippen LogP contribution in [0.3, 0.4) is 0 Å². The Morgan fingerprint density at radius 3 is 2.30 bits per heavy atom. The number of carboxylic acids is 1. The van der Waals surface area contributed by atoms with Crippen molar-refractivity contribution in [3.63, 3.8) is 0 Å². The summed E-state index contributed by atoms with van der Waals surface area (Å²) in [6.07, 6.45) is 0. The van der Waals surface area contributed by atoms with Crippen molar-refractivity contribution in [1.29, 1.82) is 0 Å². The fourth-order valence-electron chi connectivity index (χ4n) is 2.84. The lowest BCUT2D eigenvalue weighted by molar-refractivity contribution is 0.0696. The molecule has 0 radical (unpaired) electrons. The zero-order valence-corrected chi connectivity index (χ0v) is 16.9. The fourth-order valence-corrected chi connectivity index (χ4v) is 3.58. The van der Waals surface area contributed by atoms with Crippen molar-refractivity contribution in [1.82, 2.24) is 0 Å². The molecule has 0 bridgehead atoms. The fraction of sp³-hybridized carbons (Fsp3) is 0.0952. The quantitative estimate of drug-likeness (QED) is 0.433. The van der Waals surface area contributed by atoms with Crippen LogP contribution in [0.25, 0.3) is 0 Å². The number of hydrogen-bond acceptors (Lipinski definition) is 6. The summed E-state index contributed by atoms with van der Waals surface area (Å²) in [5.74, 6) is -0.630. The largest absolute Gasteiger partial charge is 0.497 e. The van der Waals surface area contributed by atoms with Crippen molar-refractivity contribution in [2.75, 3.05) is 17.7 Å². The van der Waals surface area contributed by atoms with Crippen LogP contribution in [0.1, 0.15) is 15.9 Å². The molecule has 0 heterocycles. The number of primary sulfonamides is 1. The Balaban J connectivity index is 2.08. The average molecular weight is 427 g/mol. The molecule has 0 aliphatic heterocycles. The number of anilines is 3. The number of methoxy groups -OCH3 is 1. The molecule has 9 heteroatoms. The van der Waals surface area contributed by atoms with Crippen molar-refractivity contribution < 1.29 is 23.1 Å². The van der Waals surface area contributed by atoms with Gasteiger partial charge >= 0.3 is 5.97 Å². The van der Waals surface area contributed by atoms with Crippen LogP contribution in [0.5, 0.6) is 5.75 Å². The molecule has 156 valence electrons. The van der Waals surface area contributed by atoms with Crippen LogP contribution in [0, 0.1) is 0 Å². The van der Waals surface area contributed by atoms with E-state index >= 15 is 0 Å². The molecule has 3 aromatic carbocycles. The van der Waals surface area contributed by atoms with Crippen LogP contribution >= 0.6 is 0 Å². The van der Waals surface area contributed by atoms with E-state index in [-0.39, 0.29) is 16.1 Å². The molecule has 0 spiro atoms. The molecule has 0 unspecified atom stereocenters. The van der Waals surface area contributed by atoms with Crippen LogP contribution in [0.15, 0.2) is 71.6 Å².